The summed E-state index contributed by atoms with van der Waals surface area (Å²) >= 11 is 1.75. The summed E-state index contributed by atoms with van der Waals surface area (Å²) in [4.78, 5) is 42.7. The number of carbonyl (C=O) groups is 2. The van der Waals surface area contributed by atoms with Gasteiger partial charge in [-0.15, -0.1) is 11.3 Å². The van der Waals surface area contributed by atoms with E-state index in [0.29, 0.717) is 32.1 Å². The van der Waals surface area contributed by atoms with Crippen molar-refractivity contribution in [2.24, 2.45) is 0 Å². The number of aromatic nitrogens is 4. The first-order valence-electron chi connectivity index (χ1n) is 14.8. The molecule has 220 valence electrons. The molecule has 0 bridgehead atoms. The number of unbranched alkanes of at least 4 members (excludes halogenated alkanes) is 1. The number of allylic oxidation sites excluding steroid dienone is 2. The van der Waals surface area contributed by atoms with Crippen molar-refractivity contribution in [3.63, 3.8) is 0 Å². The Morgan fingerprint density at radius 3 is 2.71 bits per heavy atom. The molecule has 3 aromatic heterocycles. The van der Waals surface area contributed by atoms with E-state index in [0.717, 1.165) is 78.1 Å². The fourth-order valence-electron chi connectivity index (χ4n) is 5.54. The van der Waals surface area contributed by atoms with Gasteiger partial charge in [-0.25, -0.2) is 9.97 Å². The lowest BCUT2D eigenvalue weighted by molar-refractivity contribution is -0.134. The standard InChI is InChI=1S/C31H37N7O3S/c1-2-3-4-6-22(39)9-10-28(40)37-13-11-36(12-14-37)21-23-19-27-29(42-23)31(38-15-17-41-18-16-38)34-30(33-27)24-7-5-8-26-25(24)20-32-35-26/h4-8,19-20H,2-3,9-18,21H2,1H3,(H,32,35). The summed E-state index contributed by atoms with van der Waals surface area (Å²) in [5, 5.41) is 8.28. The van der Waals surface area contributed by atoms with Crippen molar-refractivity contribution in [2.75, 3.05) is 57.4 Å². The molecule has 10 nitrogen and oxygen atoms in total. The van der Waals surface area contributed by atoms with Crippen molar-refractivity contribution in [2.45, 2.75) is 39.2 Å². The molecule has 1 amide bonds. The molecule has 2 aliphatic heterocycles. The Kier molecular flexibility index (Phi) is 8.87. The zero-order valence-electron chi connectivity index (χ0n) is 24.1. The molecule has 0 spiro atoms. The molecule has 0 atom stereocenters. The summed E-state index contributed by atoms with van der Waals surface area (Å²) in [6, 6.07) is 8.26. The molecule has 42 heavy (non-hydrogen) atoms. The lowest BCUT2D eigenvalue weighted by atomic mass is 10.1. The van der Waals surface area contributed by atoms with Gasteiger partial charge in [-0.05, 0) is 24.6 Å². The Bertz CT molecular complexity index is 1580. The van der Waals surface area contributed by atoms with Crippen LogP contribution in [0.15, 0.2) is 42.6 Å². The quantitative estimate of drug-likeness (QED) is 0.272. The van der Waals surface area contributed by atoms with E-state index in [9.17, 15) is 9.59 Å². The number of rotatable bonds is 10. The van der Waals surface area contributed by atoms with Gasteiger partial charge < -0.3 is 14.5 Å². The number of hydrogen-bond acceptors (Lipinski definition) is 9. The van der Waals surface area contributed by atoms with Gasteiger partial charge in [0.1, 0.15) is 0 Å². The minimum Gasteiger partial charge on any atom is -0.378 e. The molecular formula is C31H37N7O3S. The second-order valence-corrected chi connectivity index (χ2v) is 12.0. The number of piperazine rings is 1. The minimum atomic E-state index is 0.0318. The summed E-state index contributed by atoms with van der Waals surface area (Å²) in [7, 11) is 0. The van der Waals surface area contributed by atoms with E-state index in [2.05, 4.69) is 39.1 Å². The number of nitrogens with zero attached hydrogens (tertiary/aromatic N) is 6. The Balaban J connectivity index is 1.15. The molecule has 2 aliphatic rings. The second-order valence-electron chi connectivity index (χ2n) is 10.8. The van der Waals surface area contributed by atoms with Gasteiger partial charge in [-0.1, -0.05) is 31.6 Å². The largest absolute Gasteiger partial charge is 0.378 e. The minimum absolute atomic E-state index is 0.0318. The van der Waals surface area contributed by atoms with Gasteiger partial charge in [-0.3, -0.25) is 19.6 Å². The Morgan fingerprint density at radius 1 is 1.07 bits per heavy atom. The van der Waals surface area contributed by atoms with E-state index in [-0.39, 0.29) is 24.5 Å². The number of hydrogen-bond donors (Lipinski definition) is 1. The van der Waals surface area contributed by atoms with E-state index in [1.807, 2.05) is 29.3 Å². The number of aromatic amines is 1. The molecule has 2 fully saturated rings. The summed E-state index contributed by atoms with van der Waals surface area (Å²) in [6.07, 6.45) is 7.82. The molecule has 0 saturated carbocycles. The number of nitrogens with one attached hydrogen (secondary N) is 1. The lowest BCUT2D eigenvalue weighted by Gasteiger charge is -2.34. The third-order valence-electron chi connectivity index (χ3n) is 7.89. The Labute approximate surface area is 249 Å². The highest BCUT2D eigenvalue weighted by Crippen LogP contribution is 2.36. The molecule has 11 heteroatoms. The van der Waals surface area contributed by atoms with Crippen LogP contribution in [0.25, 0.3) is 32.5 Å². The summed E-state index contributed by atoms with van der Waals surface area (Å²) in [6.45, 7) is 8.82. The van der Waals surface area contributed by atoms with Gasteiger partial charge in [0.25, 0.3) is 0 Å². The van der Waals surface area contributed by atoms with Gasteiger partial charge >= 0.3 is 0 Å². The fraction of sp³-hybridized carbons (Fsp3) is 0.452. The van der Waals surface area contributed by atoms with Crippen LogP contribution >= 0.6 is 11.3 Å². The molecule has 1 N–H and O–H groups in total. The van der Waals surface area contributed by atoms with Crippen LogP contribution in [0.5, 0.6) is 0 Å². The van der Waals surface area contributed by atoms with Gasteiger partial charge in [0, 0.05) is 74.5 Å². The number of fused-ring (bicyclic) bond motifs is 2. The van der Waals surface area contributed by atoms with E-state index in [4.69, 9.17) is 14.7 Å². The number of ether oxygens (including phenoxy) is 1. The van der Waals surface area contributed by atoms with Crippen LogP contribution in [0.1, 0.15) is 37.5 Å². The molecule has 0 radical (unpaired) electrons. The average molecular weight is 588 g/mol. The first-order valence-corrected chi connectivity index (χ1v) is 15.7. The normalized spacial score (nSPS) is 16.7. The van der Waals surface area contributed by atoms with E-state index in [1.54, 1.807) is 17.4 Å². The molecule has 6 rings (SSSR count). The number of benzene rings is 1. The molecule has 4 aromatic rings. The van der Waals surface area contributed by atoms with Crippen LogP contribution in [-0.2, 0) is 20.9 Å². The maximum absolute atomic E-state index is 12.7. The van der Waals surface area contributed by atoms with E-state index >= 15 is 0 Å². The SMILES string of the molecule is CCCC=CC(=O)CCC(=O)N1CCN(Cc2cc3nc(-c4cccc5[nH]ncc45)nc(N4CCOCC4)c3s2)CC1. The van der Waals surface area contributed by atoms with Crippen LogP contribution in [0.3, 0.4) is 0 Å². The maximum Gasteiger partial charge on any atom is 0.223 e. The molecule has 1 aromatic carbocycles. The monoisotopic (exact) mass is 587 g/mol. The van der Waals surface area contributed by atoms with Crippen LogP contribution < -0.4 is 4.90 Å². The van der Waals surface area contributed by atoms with Crippen LogP contribution in [0.4, 0.5) is 5.82 Å². The van der Waals surface area contributed by atoms with E-state index in [1.165, 1.54) is 4.88 Å². The van der Waals surface area contributed by atoms with Gasteiger partial charge in [0.15, 0.2) is 17.4 Å². The first kappa shape index (κ1) is 28.4. The summed E-state index contributed by atoms with van der Waals surface area (Å²) in [5.41, 5.74) is 2.88. The van der Waals surface area contributed by atoms with E-state index < -0.39 is 0 Å². The average Bonchev–Trinajstić information content (AvgIpc) is 3.67. The van der Waals surface area contributed by atoms with Crippen molar-refractivity contribution in [1.82, 2.24) is 30.0 Å². The summed E-state index contributed by atoms with van der Waals surface area (Å²) < 4.78 is 6.72. The molecule has 0 unspecified atom stereocenters. The van der Waals surface area contributed by atoms with Crippen LogP contribution in [0, 0.1) is 0 Å². The topological polar surface area (TPSA) is 108 Å². The van der Waals surface area contributed by atoms with Crippen LogP contribution in [0.2, 0.25) is 0 Å². The van der Waals surface area contributed by atoms with Crippen molar-refractivity contribution in [1.29, 1.82) is 0 Å². The summed E-state index contributed by atoms with van der Waals surface area (Å²) in [5.74, 6) is 1.76. The number of thiophene rings is 1. The lowest BCUT2D eigenvalue weighted by Crippen LogP contribution is -2.48. The predicted molar refractivity (Wildman–Crippen MR) is 166 cm³/mol. The van der Waals surface area contributed by atoms with Crippen LogP contribution in [-0.4, -0.2) is 94.1 Å². The van der Waals surface area contributed by atoms with Gasteiger partial charge in [-0.2, -0.15) is 5.10 Å². The van der Waals surface area contributed by atoms with Crippen molar-refractivity contribution in [3.05, 3.63) is 47.5 Å². The molecular weight excluding hydrogens is 550 g/mol. The Hall–Kier alpha value is -3.67. The number of H-pyrrole nitrogens is 1. The van der Waals surface area contributed by atoms with Crippen molar-refractivity contribution >= 4 is 50.0 Å². The zero-order chi connectivity index (χ0) is 28.9. The predicted octanol–water partition coefficient (Wildman–Crippen LogP) is 4.42. The smallest absolute Gasteiger partial charge is 0.223 e. The fourth-order valence-corrected chi connectivity index (χ4v) is 6.70. The maximum atomic E-state index is 12.7. The van der Waals surface area contributed by atoms with Crippen molar-refractivity contribution in [3.8, 4) is 11.4 Å². The van der Waals surface area contributed by atoms with Gasteiger partial charge in [0.05, 0.1) is 35.1 Å². The molecule has 5 heterocycles. The number of amides is 1. The Morgan fingerprint density at radius 2 is 1.90 bits per heavy atom. The number of anilines is 1. The highest BCUT2D eigenvalue weighted by atomic mass is 32.1. The molecule has 0 aliphatic carbocycles. The van der Waals surface area contributed by atoms with Gasteiger partial charge in [0.2, 0.25) is 5.91 Å². The first-order chi connectivity index (χ1) is 20.6. The highest BCUT2D eigenvalue weighted by molar-refractivity contribution is 7.19. The third-order valence-corrected chi connectivity index (χ3v) is 8.99. The number of carbonyl (C=O) groups excluding carboxylic acids is 2. The molecule has 2 saturated heterocycles. The zero-order valence-corrected chi connectivity index (χ0v) is 24.9. The highest BCUT2D eigenvalue weighted by Gasteiger charge is 2.24. The second kappa shape index (κ2) is 13.1. The van der Waals surface area contributed by atoms with Crippen molar-refractivity contribution < 1.29 is 14.3 Å². The third kappa shape index (κ3) is 6.38. The number of ketones is 1. The number of morpholine rings is 1.